The van der Waals surface area contributed by atoms with Gasteiger partial charge in [-0.15, -0.1) is 0 Å². The first-order valence-corrected chi connectivity index (χ1v) is 7.08. The lowest BCUT2D eigenvalue weighted by atomic mass is 10.1. The summed E-state index contributed by atoms with van der Waals surface area (Å²) in [6, 6.07) is 4.72. The van der Waals surface area contributed by atoms with Crippen LogP contribution in [0.4, 0.5) is 10.2 Å². The van der Waals surface area contributed by atoms with E-state index in [1.54, 1.807) is 6.07 Å². The summed E-state index contributed by atoms with van der Waals surface area (Å²) in [6.45, 7) is 9.06. The molecule has 0 atom stereocenters. The molecular weight excluding hydrogens is 253 g/mol. The standard InChI is InChI=1S/C16H22FN3/c1-5-8-20-15(18)14(19-16(20)10(2)3)13-7-6-12(17)9-11(13)4/h6-7,9-10H,5,8,18H2,1-4H3. The summed E-state index contributed by atoms with van der Waals surface area (Å²) in [4.78, 5) is 4.70. The molecule has 1 aromatic heterocycles. The topological polar surface area (TPSA) is 43.8 Å². The van der Waals surface area contributed by atoms with Crippen molar-refractivity contribution in [3.63, 3.8) is 0 Å². The van der Waals surface area contributed by atoms with E-state index in [0.29, 0.717) is 11.7 Å². The molecule has 3 nitrogen and oxygen atoms in total. The number of nitrogens with zero attached hydrogens (tertiary/aromatic N) is 2. The zero-order valence-corrected chi connectivity index (χ0v) is 12.6. The van der Waals surface area contributed by atoms with Crippen LogP contribution in [-0.2, 0) is 6.54 Å². The van der Waals surface area contributed by atoms with Crippen LogP contribution in [0.25, 0.3) is 11.3 Å². The maximum atomic E-state index is 13.2. The second kappa shape index (κ2) is 5.65. The normalized spacial score (nSPS) is 11.3. The van der Waals surface area contributed by atoms with Gasteiger partial charge in [0.05, 0.1) is 0 Å². The number of nitrogen functional groups attached to an aromatic ring is 1. The zero-order chi connectivity index (χ0) is 14.9. The Balaban J connectivity index is 2.60. The van der Waals surface area contributed by atoms with Crippen molar-refractivity contribution in [2.45, 2.75) is 46.6 Å². The molecule has 4 heteroatoms. The summed E-state index contributed by atoms with van der Waals surface area (Å²) < 4.78 is 15.3. The first-order valence-electron chi connectivity index (χ1n) is 7.08. The quantitative estimate of drug-likeness (QED) is 0.912. The number of hydrogen-bond donors (Lipinski definition) is 1. The van der Waals surface area contributed by atoms with Gasteiger partial charge in [-0.05, 0) is 37.1 Å². The molecule has 0 spiro atoms. The Morgan fingerprint density at radius 3 is 2.60 bits per heavy atom. The first kappa shape index (κ1) is 14.6. The number of anilines is 1. The van der Waals surface area contributed by atoms with E-state index in [9.17, 15) is 4.39 Å². The van der Waals surface area contributed by atoms with E-state index in [4.69, 9.17) is 10.7 Å². The number of hydrogen-bond acceptors (Lipinski definition) is 2. The van der Waals surface area contributed by atoms with Gasteiger partial charge in [0.2, 0.25) is 0 Å². The van der Waals surface area contributed by atoms with Gasteiger partial charge >= 0.3 is 0 Å². The third kappa shape index (κ3) is 2.55. The van der Waals surface area contributed by atoms with Crippen LogP contribution in [-0.4, -0.2) is 9.55 Å². The van der Waals surface area contributed by atoms with Gasteiger partial charge in [-0.3, -0.25) is 0 Å². The number of aromatic nitrogens is 2. The molecule has 0 radical (unpaired) electrons. The lowest BCUT2D eigenvalue weighted by Gasteiger charge is -2.10. The molecule has 0 saturated heterocycles. The second-order valence-electron chi connectivity index (χ2n) is 5.47. The predicted octanol–water partition coefficient (Wildman–Crippen LogP) is 4.11. The molecule has 20 heavy (non-hydrogen) atoms. The van der Waals surface area contributed by atoms with E-state index < -0.39 is 0 Å². The van der Waals surface area contributed by atoms with E-state index in [2.05, 4.69) is 25.3 Å². The van der Waals surface area contributed by atoms with Crippen LogP contribution in [0, 0.1) is 12.7 Å². The maximum absolute atomic E-state index is 13.2. The molecule has 0 amide bonds. The van der Waals surface area contributed by atoms with Gasteiger partial charge in [-0.25, -0.2) is 9.37 Å². The van der Waals surface area contributed by atoms with E-state index in [1.807, 2.05) is 6.92 Å². The van der Waals surface area contributed by atoms with Crippen molar-refractivity contribution in [1.29, 1.82) is 0 Å². The summed E-state index contributed by atoms with van der Waals surface area (Å²) >= 11 is 0. The highest BCUT2D eigenvalue weighted by Crippen LogP contribution is 2.31. The van der Waals surface area contributed by atoms with Crippen molar-refractivity contribution in [3.8, 4) is 11.3 Å². The lowest BCUT2D eigenvalue weighted by molar-refractivity contribution is 0.616. The van der Waals surface area contributed by atoms with Gasteiger partial charge in [0.25, 0.3) is 0 Å². The molecule has 108 valence electrons. The lowest BCUT2D eigenvalue weighted by Crippen LogP contribution is -2.08. The Hall–Kier alpha value is -1.84. The smallest absolute Gasteiger partial charge is 0.131 e. The van der Waals surface area contributed by atoms with Crippen LogP contribution >= 0.6 is 0 Å². The first-order chi connectivity index (χ1) is 9.45. The van der Waals surface area contributed by atoms with Gasteiger partial charge in [0.1, 0.15) is 23.2 Å². The average molecular weight is 275 g/mol. The average Bonchev–Trinajstić information content (AvgIpc) is 2.68. The van der Waals surface area contributed by atoms with Crippen molar-refractivity contribution in [2.24, 2.45) is 0 Å². The Morgan fingerprint density at radius 1 is 1.35 bits per heavy atom. The summed E-state index contributed by atoms with van der Waals surface area (Å²) in [5.74, 6) is 1.73. The minimum Gasteiger partial charge on any atom is -0.383 e. The zero-order valence-electron chi connectivity index (χ0n) is 12.6. The molecule has 0 saturated carbocycles. The highest BCUT2D eigenvalue weighted by Gasteiger charge is 2.19. The van der Waals surface area contributed by atoms with Gasteiger partial charge < -0.3 is 10.3 Å². The molecule has 0 fully saturated rings. The monoisotopic (exact) mass is 275 g/mol. The van der Waals surface area contributed by atoms with Crippen molar-refractivity contribution in [2.75, 3.05) is 5.73 Å². The maximum Gasteiger partial charge on any atom is 0.131 e. The fraction of sp³-hybridized carbons (Fsp3) is 0.438. The molecule has 0 aliphatic carbocycles. The number of nitrogens with two attached hydrogens (primary N) is 1. The van der Waals surface area contributed by atoms with Crippen LogP contribution in [0.5, 0.6) is 0 Å². The third-order valence-corrected chi connectivity index (χ3v) is 3.44. The molecule has 0 unspecified atom stereocenters. The van der Waals surface area contributed by atoms with Crippen LogP contribution in [0.1, 0.15) is 44.5 Å². The SMILES string of the molecule is CCCn1c(C(C)C)nc(-c2ccc(F)cc2C)c1N. The Bertz CT molecular complexity index is 614. The summed E-state index contributed by atoms with van der Waals surface area (Å²) in [5, 5.41) is 0. The van der Waals surface area contributed by atoms with Crippen LogP contribution in [0.3, 0.4) is 0 Å². The molecule has 0 bridgehead atoms. The molecule has 2 rings (SSSR count). The highest BCUT2D eigenvalue weighted by molar-refractivity contribution is 5.73. The molecule has 1 heterocycles. The van der Waals surface area contributed by atoms with Crippen molar-refractivity contribution < 1.29 is 4.39 Å². The molecule has 2 N–H and O–H groups in total. The van der Waals surface area contributed by atoms with Gasteiger partial charge in [0, 0.05) is 18.0 Å². The van der Waals surface area contributed by atoms with E-state index >= 15 is 0 Å². The molecular formula is C16H22FN3. The molecule has 2 aromatic rings. The molecule has 0 aliphatic heterocycles. The summed E-state index contributed by atoms with van der Waals surface area (Å²) in [5.41, 5.74) is 8.80. The summed E-state index contributed by atoms with van der Waals surface area (Å²) in [7, 11) is 0. The van der Waals surface area contributed by atoms with Crippen molar-refractivity contribution in [1.82, 2.24) is 9.55 Å². The van der Waals surface area contributed by atoms with E-state index in [0.717, 1.165) is 35.6 Å². The van der Waals surface area contributed by atoms with Gasteiger partial charge in [0.15, 0.2) is 0 Å². The van der Waals surface area contributed by atoms with Gasteiger partial charge in [-0.2, -0.15) is 0 Å². The Morgan fingerprint density at radius 2 is 2.05 bits per heavy atom. The third-order valence-electron chi connectivity index (χ3n) is 3.44. The number of imidazole rings is 1. The minimum atomic E-state index is -0.234. The van der Waals surface area contributed by atoms with Crippen LogP contribution < -0.4 is 5.73 Å². The number of rotatable bonds is 4. The number of aryl methyl sites for hydroxylation is 1. The van der Waals surface area contributed by atoms with Gasteiger partial charge in [-0.1, -0.05) is 20.8 Å². The van der Waals surface area contributed by atoms with Crippen molar-refractivity contribution >= 4 is 5.82 Å². The largest absolute Gasteiger partial charge is 0.383 e. The van der Waals surface area contributed by atoms with E-state index in [-0.39, 0.29) is 5.82 Å². The fourth-order valence-electron chi connectivity index (χ4n) is 2.47. The van der Waals surface area contributed by atoms with Crippen LogP contribution in [0.15, 0.2) is 18.2 Å². The highest BCUT2D eigenvalue weighted by atomic mass is 19.1. The van der Waals surface area contributed by atoms with E-state index in [1.165, 1.54) is 12.1 Å². The predicted molar refractivity (Wildman–Crippen MR) is 81.2 cm³/mol. The van der Waals surface area contributed by atoms with Crippen molar-refractivity contribution in [3.05, 3.63) is 35.4 Å². The minimum absolute atomic E-state index is 0.234. The summed E-state index contributed by atoms with van der Waals surface area (Å²) in [6.07, 6.45) is 1.00. The second-order valence-corrected chi connectivity index (χ2v) is 5.47. The number of halogens is 1. The van der Waals surface area contributed by atoms with Crippen LogP contribution in [0.2, 0.25) is 0 Å². The molecule has 1 aromatic carbocycles. The number of benzene rings is 1. The Kier molecular flexibility index (Phi) is 4.12. The fourth-order valence-corrected chi connectivity index (χ4v) is 2.47. The Labute approximate surface area is 119 Å². The molecule has 0 aliphatic rings.